The zero-order chi connectivity index (χ0) is 12.2. The van der Waals surface area contributed by atoms with Crippen LogP contribution < -0.4 is 9.67 Å². The van der Waals surface area contributed by atoms with Crippen LogP contribution in [-0.4, -0.2) is 51.8 Å². The Balaban J connectivity index is 2.62. The molecule has 0 saturated heterocycles. The molecule has 7 heteroatoms. The topological polar surface area (TPSA) is 110 Å². The van der Waals surface area contributed by atoms with Crippen LogP contribution in [0, 0.1) is 0 Å². The maximum atomic E-state index is 10.9. The van der Waals surface area contributed by atoms with E-state index in [9.17, 15) is 3.74 Å². The first-order chi connectivity index (χ1) is 7.43. The Morgan fingerprint density at radius 1 is 1.25 bits per heavy atom. The van der Waals surface area contributed by atoms with Gasteiger partial charge in [0.1, 0.15) is 0 Å². The van der Waals surface area contributed by atoms with E-state index in [4.69, 9.17) is 18.4 Å². The molecule has 0 fully saturated rings. The van der Waals surface area contributed by atoms with Crippen molar-refractivity contribution in [3.63, 3.8) is 0 Å². The second-order valence-corrected chi connectivity index (χ2v) is 6.67. The molecular weight excluding hydrogens is 277 g/mol. The summed E-state index contributed by atoms with van der Waals surface area (Å²) in [6.07, 6.45) is -0.856. The van der Waals surface area contributed by atoms with Gasteiger partial charge >= 0.3 is 95.2 Å². The average molecular weight is 291 g/mol. The predicted octanol–water partition coefficient (Wildman–Crippen LogP) is -1.99. The van der Waals surface area contributed by atoms with Gasteiger partial charge in [0, 0.05) is 0 Å². The number of nitrogens with one attached hydrogen (secondary N) is 1. The molecular formula is C9H14AsNO5. The molecule has 0 radical (unpaired) electrons. The molecule has 0 saturated carbocycles. The van der Waals surface area contributed by atoms with E-state index in [1.807, 2.05) is 0 Å². The summed E-state index contributed by atoms with van der Waals surface area (Å²) in [6.45, 7) is -0.159. The van der Waals surface area contributed by atoms with Gasteiger partial charge in [-0.25, -0.2) is 0 Å². The molecule has 0 aliphatic heterocycles. The molecule has 0 amide bonds. The maximum absolute atomic E-state index is 10.9. The van der Waals surface area contributed by atoms with Crippen molar-refractivity contribution in [2.45, 2.75) is 6.10 Å². The van der Waals surface area contributed by atoms with Crippen LogP contribution in [0.3, 0.4) is 0 Å². The van der Waals surface area contributed by atoms with Gasteiger partial charge < -0.3 is 0 Å². The number of aliphatic hydroxyl groups excluding tert-OH is 2. The minimum absolute atomic E-state index is 0.00591. The number of aliphatic hydroxyl groups is 2. The first-order valence-electron chi connectivity index (χ1n) is 4.62. The van der Waals surface area contributed by atoms with E-state index < -0.39 is 20.3 Å². The number of benzene rings is 1. The third-order valence-electron chi connectivity index (χ3n) is 1.96. The number of rotatable bonds is 5. The fourth-order valence-electron chi connectivity index (χ4n) is 1.07. The van der Waals surface area contributed by atoms with E-state index in [1.165, 1.54) is 24.3 Å². The van der Waals surface area contributed by atoms with E-state index in [0.717, 1.165) is 0 Å². The van der Waals surface area contributed by atoms with Crippen molar-refractivity contribution in [2.24, 2.45) is 0 Å². The summed E-state index contributed by atoms with van der Waals surface area (Å²) in [6, 6.07) is 5.71. The fourth-order valence-corrected chi connectivity index (χ4v) is 2.20. The zero-order valence-electron chi connectivity index (χ0n) is 8.45. The van der Waals surface area contributed by atoms with Crippen molar-refractivity contribution in [2.75, 3.05) is 18.5 Å². The second-order valence-electron chi connectivity index (χ2n) is 3.31. The van der Waals surface area contributed by atoms with Crippen molar-refractivity contribution in [1.82, 2.24) is 0 Å². The Bertz CT molecular complexity index is 374. The molecule has 5 N–H and O–H groups in total. The molecule has 0 aliphatic carbocycles. The third kappa shape index (κ3) is 4.00. The molecule has 0 aromatic heterocycles. The Hall–Kier alpha value is -0.782. The number of anilines is 1. The molecule has 6 nitrogen and oxygen atoms in total. The van der Waals surface area contributed by atoms with Crippen molar-refractivity contribution in [1.29, 1.82) is 0 Å². The van der Waals surface area contributed by atoms with Crippen LogP contribution in [-0.2, 0) is 3.74 Å². The van der Waals surface area contributed by atoms with Crippen LogP contribution in [0.4, 0.5) is 5.69 Å². The van der Waals surface area contributed by atoms with E-state index in [0.29, 0.717) is 5.69 Å². The zero-order valence-corrected chi connectivity index (χ0v) is 10.3. The van der Waals surface area contributed by atoms with Crippen molar-refractivity contribution in [3.8, 4) is 0 Å². The van der Waals surface area contributed by atoms with Gasteiger partial charge in [-0.1, -0.05) is 0 Å². The van der Waals surface area contributed by atoms with Gasteiger partial charge in [-0.2, -0.15) is 0 Å². The molecule has 0 bridgehead atoms. The molecule has 1 rings (SSSR count). The normalized spacial score (nSPS) is 13.5. The van der Waals surface area contributed by atoms with Crippen molar-refractivity contribution < 1.29 is 22.1 Å². The first-order valence-corrected chi connectivity index (χ1v) is 8.00. The Labute approximate surface area is 95.5 Å². The van der Waals surface area contributed by atoms with Gasteiger partial charge in [0.2, 0.25) is 0 Å². The van der Waals surface area contributed by atoms with Gasteiger partial charge in [0.05, 0.1) is 0 Å². The van der Waals surface area contributed by atoms with E-state index >= 15 is 0 Å². The van der Waals surface area contributed by atoms with Gasteiger partial charge in [0.25, 0.3) is 0 Å². The Kier molecular flexibility index (Phi) is 4.58. The van der Waals surface area contributed by atoms with Crippen LogP contribution in [0.25, 0.3) is 0 Å². The van der Waals surface area contributed by atoms with Crippen LogP contribution in [0.15, 0.2) is 24.3 Å². The molecule has 16 heavy (non-hydrogen) atoms. The van der Waals surface area contributed by atoms with Crippen LogP contribution in [0.2, 0.25) is 0 Å². The molecule has 1 aromatic carbocycles. The second kappa shape index (κ2) is 5.52. The minimum atomic E-state index is -4.80. The summed E-state index contributed by atoms with van der Waals surface area (Å²) in [5.41, 5.74) is 0.625. The first kappa shape index (κ1) is 13.3. The summed E-state index contributed by atoms with van der Waals surface area (Å²) in [4.78, 5) is 0. The van der Waals surface area contributed by atoms with Gasteiger partial charge in [0.15, 0.2) is 0 Å². The summed E-state index contributed by atoms with van der Waals surface area (Å²) in [7, 11) is 0. The summed E-state index contributed by atoms with van der Waals surface area (Å²) in [5, 5.41) is 20.5. The van der Waals surface area contributed by atoms with Crippen molar-refractivity contribution in [3.05, 3.63) is 24.3 Å². The standard InChI is InChI=1S/C9H14AsNO5/c12-6-9(13)5-11-8-3-1-7(2-4-8)10(14,15)16/h1-4,9,11-13H,5-6H2,(H2,14,15,16). The summed E-state index contributed by atoms with van der Waals surface area (Å²) in [5.74, 6) is 0. The fraction of sp³-hybridized carbons (Fsp3) is 0.333. The van der Waals surface area contributed by atoms with E-state index in [2.05, 4.69) is 5.32 Å². The van der Waals surface area contributed by atoms with Gasteiger partial charge in [-0.3, -0.25) is 0 Å². The van der Waals surface area contributed by atoms with E-state index in [-0.39, 0.29) is 17.5 Å². The third-order valence-corrected chi connectivity index (χ3v) is 3.99. The molecule has 0 aliphatic rings. The molecule has 0 heterocycles. The Morgan fingerprint density at radius 3 is 2.25 bits per heavy atom. The van der Waals surface area contributed by atoms with Crippen LogP contribution in [0.5, 0.6) is 0 Å². The monoisotopic (exact) mass is 291 g/mol. The molecule has 1 atom stereocenters. The summed E-state index contributed by atoms with van der Waals surface area (Å²) >= 11 is -4.80. The van der Waals surface area contributed by atoms with Gasteiger partial charge in [-0.05, 0) is 0 Å². The van der Waals surface area contributed by atoms with Crippen LogP contribution in [0.1, 0.15) is 0 Å². The quantitative estimate of drug-likeness (QED) is 0.402. The van der Waals surface area contributed by atoms with E-state index in [1.54, 1.807) is 0 Å². The average Bonchev–Trinajstić information content (AvgIpc) is 2.25. The van der Waals surface area contributed by atoms with Gasteiger partial charge in [-0.15, -0.1) is 0 Å². The van der Waals surface area contributed by atoms with Crippen LogP contribution >= 0.6 is 0 Å². The number of hydrogen-bond acceptors (Lipinski definition) is 4. The molecule has 1 aromatic rings. The molecule has 0 spiro atoms. The van der Waals surface area contributed by atoms with Crippen molar-refractivity contribution >= 4 is 24.2 Å². The molecule has 90 valence electrons. The SMILES string of the molecule is O=[As](O)(O)c1ccc(NCC(O)CO)cc1. The molecule has 1 unspecified atom stereocenters. The Morgan fingerprint density at radius 2 is 1.81 bits per heavy atom. The predicted molar refractivity (Wildman–Crippen MR) is 58.5 cm³/mol. The number of hydrogen-bond donors (Lipinski definition) is 5. The summed E-state index contributed by atoms with van der Waals surface area (Å²) < 4.78 is 28.8.